The molecule has 0 saturated carbocycles. The lowest BCUT2D eigenvalue weighted by atomic mass is 10.1. The van der Waals surface area contributed by atoms with E-state index in [1.807, 2.05) is 56.3 Å². The third-order valence-corrected chi connectivity index (χ3v) is 5.69. The monoisotopic (exact) mass is 399 g/mol. The normalized spacial score (nSPS) is 16.1. The molecule has 0 unspecified atom stereocenters. The van der Waals surface area contributed by atoms with Gasteiger partial charge >= 0.3 is 5.97 Å². The second-order valence-electron chi connectivity index (χ2n) is 7.00. The summed E-state index contributed by atoms with van der Waals surface area (Å²) in [6.45, 7) is 6.19. The number of aryl methyl sites for hydroxylation is 2. The fraction of sp³-hybridized carbons (Fsp3) is 0.364. The highest BCUT2D eigenvalue weighted by Crippen LogP contribution is 2.37. The molecule has 0 aliphatic carbocycles. The first-order valence-corrected chi connectivity index (χ1v) is 10.2. The van der Waals surface area contributed by atoms with Crippen LogP contribution in [0.4, 0.5) is 5.69 Å². The first-order valence-electron chi connectivity index (χ1n) is 9.35. The molecule has 1 amide bonds. The molecule has 1 aliphatic rings. The van der Waals surface area contributed by atoms with Crippen molar-refractivity contribution >= 4 is 29.3 Å². The molecule has 1 aliphatic heterocycles. The Kier molecular flexibility index (Phi) is 6.62. The van der Waals surface area contributed by atoms with E-state index >= 15 is 0 Å². The van der Waals surface area contributed by atoms with Gasteiger partial charge in [0.2, 0.25) is 0 Å². The van der Waals surface area contributed by atoms with Crippen LogP contribution in [0, 0.1) is 13.8 Å². The number of thioether (sulfide) groups is 1. The Labute approximate surface area is 170 Å². The van der Waals surface area contributed by atoms with Gasteiger partial charge in [-0.05, 0) is 55.7 Å². The van der Waals surface area contributed by atoms with Crippen LogP contribution in [0.15, 0.2) is 47.4 Å². The van der Waals surface area contributed by atoms with E-state index in [1.54, 1.807) is 16.7 Å². The molecule has 1 atom stereocenters. The molecule has 1 heterocycles. The molecule has 6 heteroatoms. The number of hydrogen-bond donors (Lipinski definition) is 0. The van der Waals surface area contributed by atoms with Crippen LogP contribution in [-0.2, 0) is 14.3 Å². The summed E-state index contributed by atoms with van der Waals surface area (Å²) < 4.78 is 10.7. The first-order chi connectivity index (χ1) is 13.4. The minimum absolute atomic E-state index is 0.220. The average molecular weight is 400 g/mol. The smallest absolute Gasteiger partial charge is 0.344 e. The minimum atomic E-state index is -0.557. The number of anilines is 1. The quantitative estimate of drug-likeness (QED) is 0.707. The van der Waals surface area contributed by atoms with Crippen molar-refractivity contribution in [2.24, 2.45) is 0 Å². The van der Waals surface area contributed by atoms with E-state index in [4.69, 9.17) is 9.47 Å². The topological polar surface area (TPSA) is 55.8 Å². The van der Waals surface area contributed by atoms with Crippen molar-refractivity contribution in [2.45, 2.75) is 37.3 Å². The van der Waals surface area contributed by atoms with Crippen molar-refractivity contribution in [1.29, 1.82) is 0 Å². The second kappa shape index (κ2) is 9.15. The number of rotatable bonds is 5. The highest BCUT2D eigenvalue weighted by Gasteiger charge is 2.24. The van der Waals surface area contributed by atoms with E-state index in [2.05, 4.69) is 6.92 Å². The van der Waals surface area contributed by atoms with Crippen molar-refractivity contribution in [3.63, 3.8) is 0 Å². The van der Waals surface area contributed by atoms with Gasteiger partial charge in [0.1, 0.15) is 5.75 Å². The van der Waals surface area contributed by atoms with Gasteiger partial charge in [0.05, 0.1) is 5.69 Å². The number of carbonyl (C=O) groups excluding carboxylic acids is 2. The molecule has 148 valence electrons. The van der Waals surface area contributed by atoms with Gasteiger partial charge in [-0.1, -0.05) is 25.1 Å². The van der Waals surface area contributed by atoms with Gasteiger partial charge in [0.15, 0.2) is 13.2 Å². The molecule has 5 nitrogen and oxygen atoms in total. The molecule has 0 aromatic heterocycles. The van der Waals surface area contributed by atoms with Crippen molar-refractivity contribution in [2.75, 3.05) is 24.7 Å². The van der Waals surface area contributed by atoms with Crippen LogP contribution in [0.2, 0.25) is 0 Å². The molecule has 3 rings (SSSR count). The van der Waals surface area contributed by atoms with Crippen molar-refractivity contribution in [1.82, 2.24) is 0 Å². The van der Waals surface area contributed by atoms with Crippen molar-refractivity contribution in [3.05, 3.63) is 53.6 Å². The lowest BCUT2D eigenvalue weighted by Gasteiger charge is -2.22. The van der Waals surface area contributed by atoms with Crippen LogP contribution in [0.1, 0.15) is 24.5 Å². The number of benzene rings is 2. The number of esters is 1. The van der Waals surface area contributed by atoms with E-state index in [0.29, 0.717) is 17.5 Å². The first kappa shape index (κ1) is 20.3. The molecule has 2 aromatic rings. The van der Waals surface area contributed by atoms with Crippen LogP contribution >= 0.6 is 11.8 Å². The van der Waals surface area contributed by atoms with Gasteiger partial charge < -0.3 is 14.4 Å². The molecule has 0 bridgehead atoms. The van der Waals surface area contributed by atoms with Crippen LogP contribution in [0.3, 0.4) is 0 Å². The number of para-hydroxylation sites is 1. The summed E-state index contributed by atoms with van der Waals surface area (Å²) >= 11 is 1.76. The summed E-state index contributed by atoms with van der Waals surface area (Å²) in [5.74, 6) is -0.159. The number of ether oxygens (including phenoxy) is 2. The Morgan fingerprint density at radius 2 is 1.82 bits per heavy atom. The van der Waals surface area contributed by atoms with Gasteiger partial charge in [-0.15, -0.1) is 11.8 Å². The highest BCUT2D eigenvalue weighted by molar-refractivity contribution is 8.00. The zero-order chi connectivity index (χ0) is 20.1. The van der Waals surface area contributed by atoms with Crippen molar-refractivity contribution < 1.29 is 19.1 Å². The van der Waals surface area contributed by atoms with Gasteiger partial charge in [-0.2, -0.15) is 0 Å². The maximum absolute atomic E-state index is 12.7. The second-order valence-corrected chi connectivity index (χ2v) is 8.48. The molecular weight excluding hydrogens is 374 g/mol. The Hall–Kier alpha value is -2.47. The standard InChI is InChI=1S/C22H25NO4S/c1-15-10-16(2)12-18(11-15)26-14-22(25)27-13-21(24)23-9-8-17(3)28-20-7-5-4-6-19(20)23/h4-7,10-12,17H,8-9,13-14H2,1-3H3/t17-/m0/s1. The summed E-state index contributed by atoms with van der Waals surface area (Å²) in [6, 6.07) is 13.6. The van der Waals surface area contributed by atoms with Gasteiger partial charge in [-0.3, -0.25) is 4.79 Å². The maximum atomic E-state index is 12.7. The molecule has 0 radical (unpaired) electrons. The predicted molar refractivity (Wildman–Crippen MR) is 111 cm³/mol. The Balaban J connectivity index is 1.55. The zero-order valence-electron chi connectivity index (χ0n) is 16.4. The summed E-state index contributed by atoms with van der Waals surface area (Å²) in [5.41, 5.74) is 3.00. The molecular formula is C22H25NO4S. The predicted octanol–water partition coefficient (Wildman–Crippen LogP) is 4.14. The highest BCUT2D eigenvalue weighted by atomic mass is 32.2. The number of carbonyl (C=O) groups is 2. The Morgan fingerprint density at radius 3 is 2.57 bits per heavy atom. The van der Waals surface area contributed by atoms with Crippen LogP contribution in [0.5, 0.6) is 5.75 Å². The van der Waals surface area contributed by atoms with E-state index in [9.17, 15) is 9.59 Å². The van der Waals surface area contributed by atoms with E-state index in [1.165, 1.54) is 0 Å². The summed E-state index contributed by atoms with van der Waals surface area (Å²) in [6.07, 6.45) is 0.884. The van der Waals surface area contributed by atoms with E-state index in [-0.39, 0.29) is 19.1 Å². The minimum Gasteiger partial charge on any atom is -0.482 e. The van der Waals surface area contributed by atoms with E-state index in [0.717, 1.165) is 28.1 Å². The fourth-order valence-electron chi connectivity index (χ4n) is 3.17. The summed E-state index contributed by atoms with van der Waals surface area (Å²) in [4.78, 5) is 27.5. The van der Waals surface area contributed by atoms with Gasteiger partial charge in [-0.25, -0.2) is 4.79 Å². The summed E-state index contributed by atoms with van der Waals surface area (Å²) in [7, 11) is 0. The fourth-order valence-corrected chi connectivity index (χ4v) is 4.28. The van der Waals surface area contributed by atoms with Crippen LogP contribution in [0.25, 0.3) is 0 Å². The molecule has 0 N–H and O–H groups in total. The number of amides is 1. The Morgan fingerprint density at radius 1 is 1.11 bits per heavy atom. The van der Waals surface area contributed by atoms with Gasteiger partial charge in [0, 0.05) is 16.7 Å². The van der Waals surface area contributed by atoms with Crippen LogP contribution < -0.4 is 9.64 Å². The third-order valence-electron chi connectivity index (χ3n) is 4.45. The van der Waals surface area contributed by atoms with Crippen LogP contribution in [-0.4, -0.2) is 36.9 Å². The largest absolute Gasteiger partial charge is 0.482 e. The average Bonchev–Trinajstić information content (AvgIpc) is 2.82. The zero-order valence-corrected chi connectivity index (χ0v) is 17.3. The molecule has 0 spiro atoms. The number of hydrogen-bond acceptors (Lipinski definition) is 5. The summed E-state index contributed by atoms with van der Waals surface area (Å²) in [5, 5.41) is 0.424. The lowest BCUT2D eigenvalue weighted by molar-refractivity contribution is -0.149. The molecule has 2 aromatic carbocycles. The Bertz CT molecular complexity index is 847. The lowest BCUT2D eigenvalue weighted by Crippen LogP contribution is -2.36. The molecule has 0 fully saturated rings. The SMILES string of the molecule is Cc1cc(C)cc(OCC(=O)OCC(=O)N2CC[C@H](C)Sc3ccccc32)c1. The third kappa shape index (κ3) is 5.29. The molecule has 28 heavy (non-hydrogen) atoms. The van der Waals surface area contributed by atoms with Crippen molar-refractivity contribution in [3.8, 4) is 5.75 Å². The number of nitrogens with zero attached hydrogens (tertiary/aromatic N) is 1. The molecule has 0 saturated heterocycles. The number of fused-ring (bicyclic) bond motifs is 1. The maximum Gasteiger partial charge on any atom is 0.344 e. The van der Waals surface area contributed by atoms with E-state index < -0.39 is 5.97 Å². The van der Waals surface area contributed by atoms with Gasteiger partial charge in [0.25, 0.3) is 5.91 Å².